The summed E-state index contributed by atoms with van der Waals surface area (Å²) < 4.78 is 16.2. The molecule has 0 spiro atoms. The summed E-state index contributed by atoms with van der Waals surface area (Å²) in [6.07, 6.45) is 2.33. The van der Waals surface area contributed by atoms with Crippen molar-refractivity contribution in [2.24, 2.45) is 5.92 Å². The molecule has 1 aromatic carbocycles. The van der Waals surface area contributed by atoms with Crippen molar-refractivity contribution in [3.05, 3.63) is 28.2 Å². The molecule has 1 aliphatic carbocycles. The first-order chi connectivity index (χ1) is 8.65. The van der Waals surface area contributed by atoms with E-state index in [9.17, 15) is 4.39 Å². The number of rotatable bonds is 3. The van der Waals surface area contributed by atoms with Gasteiger partial charge in [-0.2, -0.15) is 0 Å². The summed E-state index contributed by atoms with van der Waals surface area (Å²) in [6, 6.07) is 3.75. The zero-order valence-corrected chi connectivity index (χ0v) is 12.3. The molecule has 18 heavy (non-hydrogen) atoms. The first-order valence-electron chi connectivity index (χ1n) is 6.07. The van der Waals surface area contributed by atoms with Gasteiger partial charge in [0, 0.05) is 12.1 Å². The van der Waals surface area contributed by atoms with E-state index in [1.165, 1.54) is 12.5 Å². The van der Waals surface area contributed by atoms with Crippen molar-refractivity contribution in [2.75, 3.05) is 0 Å². The molecule has 96 valence electrons. The topological polar surface area (TPSA) is 17.8 Å². The number of hydrogen-bond donors (Lipinski definition) is 0. The Labute approximate surface area is 118 Å². The minimum Gasteiger partial charge on any atom is -0.324 e. The van der Waals surface area contributed by atoms with E-state index in [2.05, 4.69) is 32.4 Å². The van der Waals surface area contributed by atoms with E-state index in [0.29, 0.717) is 27.8 Å². The summed E-state index contributed by atoms with van der Waals surface area (Å²) in [5.74, 6) is 1.62. The van der Waals surface area contributed by atoms with Gasteiger partial charge >= 0.3 is 0 Å². The molecule has 2 aromatic rings. The normalized spacial score (nSPS) is 22.7. The van der Waals surface area contributed by atoms with Crippen molar-refractivity contribution in [3.63, 3.8) is 0 Å². The van der Waals surface area contributed by atoms with Crippen LogP contribution in [-0.2, 0) is 5.88 Å². The quantitative estimate of drug-likeness (QED) is 0.749. The average molecular weight is 332 g/mol. The van der Waals surface area contributed by atoms with Crippen LogP contribution < -0.4 is 0 Å². The summed E-state index contributed by atoms with van der Waals surface area (Å²) in [5.41, 5.74) is 1.66. The molecule has 1 saturated carbocycles. The Bertz CT molecular complexity index is 611. The Morgan fingerprint density at radius 3 is 2.94 bits per heavy atom. The van der Waals surface area contributed by atoms with Crippen molar-refractivity contribution in [1.82, 2.24) is 9.55 Å². The highest BCUT2D eigenvalue weighted by Gasteiger charge is 2.39. The van der Waals surface area contributed by atoms with Gasteiger partial charge in [-0.3, -0.25) is 0 Å². The van der Waals surface area contributed by atoms with Crippen LogP contribution in [0.1, 0.15) is 31.6 Å². The van der Waals surface area contributed by atoms with E-state index in [-0.39, 0.29) is 5.82 Å². The van der Waals surface area contributed by atoms with Crippen LogP contribution in [0, 0.1) is 11.7 Å². The van der Waals surface area contributed by atoms with Crippen LogP contribution in [0.15, 0.2) is 16.6 Å². The van der Waals surface area contributed by atoms with Crippen LogP contribution in [0.4, 0.5) is 4.39 Å². The van der Waals surface area contributed by atoms with Gasteiger partial charge in [0.15, 0.2) is 0 Å². The fourth-order valence-electron chi connectivity index (χ4n) is 2.59. The van der Waals surface area contributed by atoms with Gasteiger partial charge in [0.05, 0.1) is 21.4 Å². The van der Waals surface area contributed by atoms with Crippen molar-refractivity contribution >= 4 is 38.6 Å². The van der Waals surface area contributed by atoms with E-state index in [1.54, 1.807) is 6.07 Å². The monoisotopic (exact) mass is 330 g/mol. The van der Waals surface area contributed by atoms with Gasteiger partial charge in [-0.05, 0) is 34.3 Å². The lowest BCUT2D eigenvalue weighted by Gasteiger charge is -2.07. The molecular weight excluding hydrogens is 319 g/mol. The van der Waals surface area contributed by atoms with Crippen LogP contribution in [0.2, 0.25) is 0 Å². The van der Waals surface area contributed by atoms with Gasteiger partial charge in [0.1, 0.15) is 11.6 Å². The predicted molar refractivity (Wildman–Crippen MR) is 74.4 cm³/mol. The molecular formula is C13H13BrClFN2. The number of fused-ring (bicyclic) bond motifs is 1. The number of aromatic nitrogens is 2. The molecule has 0 aliphatic heterocycles. The average Bonchev–Trinajstić information content (AvgIpc) is 3.05. The van der Waals surface area contributed by atoms with Gasteiger partial charge < -0.3 is 4.57 Å². The van der Waals surface area contributed by atoms with E-state index in [1.807, 2.05) is 0 Å². The fraction of sp³-hybridized carbons (Fsp3) is 0.462. The second kappa shape index (κ2) is 4.49. The van der Waals surface area contributed by atoms with Gasteiger partial charge in [-0.15, -0.1) is 11.6 Å². The summed E-state index contributed by atoms with van der Waals surface area (Å²) in [7, 11) is 0. The lowest BCUT2D eigenvalue weighted by molar-refractivity contribution is 0.621. The van der Waals surface area contributed by atoms with Crippen LogP contribution in [0.5, 0.6) is 0 Å². The summed E-state index contributed by atoms with van der Waals surface area (Å²) in [5, 5.41) is 0. The predicted octanol–water partition coefficient (Wildman–Crippen LogP) is 4.65. The third-order valence-electron chi connectivity index (χ3n) is 3.67. The maximum absolute atomic E-state index is 13.5. The molecule has 0 radical (unpaired) electrons. The van der Waals surface area contributed by atoms with Crippen LogP contribution in [0.3, 0.4) is 0 Å². The summed E-state index contributed by atoms with van der Waals surface area (Å²) >= 11 is 9.19. The summed E-state index contributed by atoms with van der Waals surface area (Å²) in [6.45, 7) is 2.19. The molecule has 0 amide bonds. The first kappa shape index (κ1) is 12.4. The van der Waals surface area contributed by atoms with E-state index in [0.717, 1.165) is 17.8 Å². The Hall–Kier alpha value is -0.610. The maximum Gasteiger partial charge on any atom is 0.139 e. The van der Waals surface area contributed by atoms with E-state index in [4.69, 9.17) is 11.6 Å². The zero-order chi connectivity index (χ0) is 12.9. The van der Waals surface area contributed by atoms with E-state index < -0.39 is 0 Å². The lowest BCUT2D eigenvalue weighted by atomic mass is 10.3. The smallest absolute Gasteiger partial charge is 0.139 e. The first-order valence-corrected chi connectivity index (χ1v) is 7.40. The molecule has 3 rings (SSSR count). The fourth-order valence-corrected chi connectivity index (χ4v) is 3.11. The van der Waals surface area contributed by atoms with Gasteiger partial charge in [0.2, 0.25) is 0 Å². The minimum atomic E-state index is -0.281. The molecule has 1 fully saturated rings. The maximum atomic E-state index is 13.5. The minimum absolute atomic E-state index is 0.281. The number of imidazole rings is 1. The zero-order valence-electron chi connectivity index (χ0n) is 9.96. The van der Waals surface area contributed by atoms with Crippen LogP contribution >= 0.6 is 27.5 Å². The second-order valence-corrected chi connectivity index (χ2v) is 5.88. The molecule has 5 heteroatoms. The number of nitrogens with zero attached hydrogens (tertiary/aromatic N) is 2. The van der Waals surface area contributed by atoms with Crippen molar-refractivity contribution in [2.45, 2.75) is 31.7 Å². The summed E-state index contributed by atoms with van der Waals surface area (Å²) in [4.78, 5) is 4.43. The molecule has 0 bridgehead atoms. The van der Waals surface area contributed by atoms with Gasteiger partial charge in [-0.25, -0.2) is 9.37 Å². The third kappa shape index (κ3) is 1.86. The van der Waals surface area contributed by atoms with Crippen LogP contribution in [0.25, 0.3) is 11.0 Å². The molecule has 2 unspecified atom stereocenters. The highest BCUT2D eigenvalue weighted by molar-refractivity contribution is 9.10. The van der Waals surface area contributed by atoms with Crippen molar-refractivity contribution < 1.29 is 4.39 Å². The molecule has 0 N–H and O–H groups in total. The Morgan fingerprint density at radius 1 is 1.56 bits per heavy atom. The van der Waals surface area contributed by atoms with Crippen molar-refractivity contribution in [3.8, 4) is 0 Å². The number of halogens is 3. The molecule has 0 saturated heterocycles. The standard InChI is InChI=1S/C13H13BrClFN2/c1-2-7-3-11(7)18-12-4-8(14)9(16)5-10(12)17-13(18)6-15/h4-5,7,11H,2-3,6H2,1H3. The largest absolute Gasteiger partial charge is 0.324 e. The SMILES string of the molecule is CCC1CC1n1c(CCl)nc2cc(F)c(Br)cc21. The van der Waals surface area contributed by atoms with Crippen molar-refractivity contribution in [1.29, 1.82) is 0 Å². The second-order valence-electron chi connectivity index (χ2n) is 4.76. The molecule has 2 nitrogen and oxygen atoms in total. The molecule has 2 atom stereocenters. The Kier molecular flexibility index (Phi) is 3.10. The highest BCUT2D eigenvalue weighted by atomic mass is 79.9. The highest BCUT2D eigenvalue weighted by Crippen LogP contribution is 2.48. The molecule has 1 heterocycles. The Balaban J connectivity index is 2.18. The Morgan fingerprint density at radius 2 is 2.33 bits per heavy atom. The van der Waals surface area contributed by atoms with Crippen LogP contribution in [-0.4, -0.2) is 9.55 Å². The van der Waals surface area contributed by atoms with E-state index >= 15 is 0 Å². The molecule has 1 aliphatic rings. The molecule has 1 aromatic heterocycles. The van der Waals surface area contributed by atoms with Gasteiger partial charge in [-0.1, -0.05) is 13.3 Å². The number of alkyl halides is 1. The number of hydrogen-bond acceptors (Lipinski definition) is 1. The third-order valence-corrected chi connectivity index (χ3v) is 4.51. The van der Waals surface area contributed by atoms with Gasteiger partial charge in [0.25, 0.3) is 0 Å². The number of benzene rings is 1. The lowest BCUT2D eigenvalue weighted by Crippen LogP contribution is -2.01.